The number of carbonyl (C=O) groups is 2. The molecule has 1 atom stereocenters. The van der Waals surface area contributed by atoms with Crippen molar-refractivity contribution in [2.24, 2.45) is 0 Å². The van der Waals surface area contributed by atoms with Crippen molar-refractivity contribution in [2.45, 2.75) is 12.3 Å². The number of carbonyl (C=O) groups excluding carboxylic acids is 2. The fraction of sp³-hybridized carbons (Fsp3) is 0.400. The molecule has 1 heterocycles. The average molecular weight is 246 g/mol. The van der Waals surface area contributed by atoms with Gasteiger partial charge in [-0.2, -0.15) is 0 Å². The minimum atomic E-state index is -0.522. The quantitative estimate of drug-likeness (QED) is 0.645. The van der Waals surface area contributed by atoms with Crippen LogP contribution in [0.3, 0.4) is 0 Å². The SMILES string of the molecule is COC(=O)CNC(=O)c1ccc(C(C)Cl)o1. The average Bonchev–Trinajstić information content (AvgIpc) is 2.74. The van der Waals surface area contributed by atoms with Gasteiger partial charge in [0.05, 0.1) is 12.5 Å². The van der Waals surface area contributed by atoms with Crippen molar-refractivity contribution >= 4 is 23.5 Å². The van der Waals surface area contributed by atoms with Gasteiger partial charge in [-0.1, -0.05) is 0 Å². The zero-order valence-electron chi connectivity index (χ0n) is 8.95. The summed E-state index contributed by atoms with van der Waals surface area (Å²) in [6, 6.07) is 3.12. The number of amides is 1. The van der Waals surface area contributed by atoms with E-state index in [-0.39, 0.29) is 17.7 Å². The van der Waals surface area contributed by atoms with Gasteiger partial charge in [0.1, 0.15) is 12.3 Å². The second-order valence-electron chi connectivity index (χ2n) is 3.08. The molecule has 1 N–H and O–H groups in total. The third-order valence-corrected chi connectivity index (χ3v) is 2.08. The molecule has 0 bridgehead atoms. The number of hydrogen-bond donors (Lipinski definition) is 1. The van der Waals surface area contributed by atoms with Gasteiger partial charge in [-0.25, -0.2) is 0 Å². The molecule has 0 aromatic carbocycles. The van der Waals surface area contributed by atoms with Gasteiger partial charge in [-0.3, -0.25) is 9.59 Å². The predicted molar refractivity (Wildman–Crippen MR) is 57.3 cm³/mol. The Morgan fingerprint density at radius 3 is 2.75 bits per heavy atom. The van der Waals surface area contributed by atoms with Gasteiger partial charge >= 0.3 is 5.97 Å². The molecule has 88 valence electrons. The first-order chi connectivity index (χ1) is 7.54. The molecule has 0 saturated heterocycles. The summed E-state index contributed by atoms with van der Waals surface area (Å²) >= 11 is 5.77. The van der Waals surface area contributed by atoms with Gasteiger partial charge in [-0.05, 0) is 19.1 Å². The highest BCUT2D eigenvalue weighted by Crippen LogP contribution is 2.21. The molecule has 1 rings (SSSR count). The highest BCUT2D eigenvalue weighted by molar-refractivity contribution is 6.20. The van der Waals surface area contributed by atoms with E-state index in [1.807, 2.05) is 0 Å². The van der Waals surface area contributed by atoms with Crippen molar-refractivity contribution in [3.8, 4) is 0 Å². The van der Waals surface area contributed by atoms with E-state index in [0.29, 0.717) is 5.76 Å². The summed E-state index contributed by atoms with van der Waals surface area (Å²) in [5.74, 6) is -0.379. The van der Waals surface area contributed by atoms with Crippen molar-refractivity contribution < 1.29 is 18.7 Å². The second-order valence-corrected chi connectivity index (χ2v) is 3.73. The number of ether oxygens (including phenoxy) is 1. The van der Waals surface area contributed by atoms with Crippen LogP contribution in [-0.2, 0) is 9.53 Å². The summed E-state index contributed by atoms with van der Waals surface area (Å²) in [7, 11) is 1.24. The first kappa shape index (κ1) is 12.6. The Kier molecular flexibility index (Phi) is 4.37. The fourth-order valence-electron chi connectivity index (χ4n) is 1.00. The minimum absolute atomic E-state index is 0.117. The molecule has 0 saturated carbocycles. The van der Waals surface area contributed by atoms with E-state index in [2.05, 4.69) is 10.1 Å². The number of furan rings is 1. The first-order valence-electron chi connectivity index (χ1n) is 4.63. The Morgan fingerprint density at radius 1 is 1.56 bits per heavy atom. The molecule has 0 fully saturated rings. The maximum atomic E-state index is 11.4. The van der Waals surface area contributed by atoms with E-state index in [1.54, 1.807) is 13.0 Å². The number of esters is 1. The van der Waals surface area contributed by atoms with Crippen molar-refractivity contribution in [2.75, 3.05) is 13.7 Å². The van der Waals surface area contributed by atoms with Crippen molar-refractivity contribution in [1.29, 1.82) is 0 Å². The molecule has 16 heavy (non-hydrogen) atoms. The van der Waals surface area contributed by atoms with E-state index in [0.717, 1.165) is 0 Å². The number of hydrogen-bond acceptors (Lipinski definition) is 4. The number of methoxy groups -OCH3 is 1. The van der Waals surface area contributed by atoms with E-state index < -0.39 is 11.9 Å². The molecule has 5 nitrogen and oxygen atoms in total. The lowest BCUT2D eigenvalue weighted by molar-refractivity contribution is -0.139. The molecule has 1 unspecified atom stereocenters. The summed E-state index contributed by atoms with van der Waals surface area (Å²) in [5, 5.41) is 2.05. The number of halogens is 1. The topological polar surface area (TPSA) is 68.5 Å². The van der Waals surface area contributed by atoms with Crippen LogP contribution in [0.15, 0.2) is 16.5 Å². The zero-order valence-corrected chi connectivity index (χ0v) is 9.71. The highest BCUT2D eigenvalue weighted by atomic mass is 35.5. The van der Waals surface area contributed by atoms with E-state index in [9.17, 15) is 9.59 Å². The molecule has 0 radical (unpaired) electrons. The van der Waals surface area contributed by atoms with Crippen LogP contribution >= 0.6 is 11.6 Å². The van der Waals surface area contributed by atoms with Gasteiger partial charge in [0, 0.05) is 0 Å². The third-order valence-electron chi connectivity index (χ3n) is 1.86. The van der Waals surface area contributed by atoms with Crippen molar-refractivity contribution in [1.82, 2.24) is 5.32 Å². The normalized spacial score (nSPS) is 11.9. The molecule has 1 aromatic heterocycles. The van der Waals surface area contributed by atoms with Crippen LogP contribution in [0.1, 0.15) is 28.6 Å². The van der Waals surface area contributed by atoms with Crippen LogP contribution in [0.4, 0.5) is 0 Å². The Labute approximate surface area is 97.7 Å². The van der Waals surface area contributed by atoms with E-state index in [1.165, 1.54) is 13.2 Å². The Hall–Kier alpha value is -1.49. The van der Waals surface area contributed by atoms with Gasteiger partial charge in [0.15, 0.2) is 5.76 Å². The molecule has 6 heteroatoms. The smallest absolute Gasteiger partial charge is 0.325 e. The molecule has 0 aliphatic rings. The predicted octanol–water partition coefficient (Wildman–Crippen LogP) is 1.48. The molecular weight excluding hydrogens is 234 g/mol. The Bertz CT molecular complexity index is 386. The molecule has 1 aromatic rings. The number of alkyl halides is 1. The summed E-state index contributed by atoms with van der Waals surface area (Å²) in [4.78, 5) is 22.2. The Balaban J connectivity index is 2.56. The third kappa shape index (κ3) is 3.27. The molecule has 0 spiro atoms. The van der Waals surface area contributed by atoms with E-state index >= 15 is 0 Å². The van der Waals surface area contributed by atoms with Gasteiger partial charge in [-0.15, -0.1) is 11.6 Å². The Morgan fingerprint density at radius 2 is 2.25 bits per heavy atom. The molecule has 1 amide bonds. The number of rotatable bonds is 4. The van der Waals surface area contributed by atoms with Gasteiger partial charge in [0.2, 0.25) is 0 Å². The summed E-state index contributed by atoms with van der Waals surface area (Å²) in [6.45, 7) is 1.54. The second kappa shape index (κ2) is 5.55. The zero-order chi connectivity index (χ0) is 12.1. The lowest BCUT2D eigenvalue weighted by Crippen LogP contribution is -2.29. The molecular formula is C10H12ClNO4. The lowest BCUT2D eigenvalue weighted by atomic mass is 10.3. The summed E-state index contributed by atoms with van der Waals surface area (Å²) in [6.07, 6.45) is 0. The van der Waals surface area contributed by atoms with Crippen molar-refractivity contribution in [3.05, 3.63) is 23.7 Å². The number of nitrogens with one attached hydrogen (secondary N) is 1. The van der Waals surface area contributed by atoms with Crippen LogP contribution in [-0.4, -0.2) is 25.5 Å². The monoisotopic (exact) mass is 245 g/mol. The van der Waals surface area contributed by atoms with Gasteiger partial charge in [0.25, 0.3) is 5.91 Å². The maximum Gasteiger partial charge on any atom is 0.325 e. The van der Waals surface area contributed by atoms with Crippen LogP contribution < -0.4 is 5.32 Å². The summed E-state index contributed by atoms with van der Waals surface area (Å²) in [5.41, 5.74) is 0. The van der Waals surface area contributed by atoms with E-state index in [4.69, 9.17) is 16.0 Å². The highest BCUT2D eigenvalue weighted by Gasteiger charge is 2.14. The van der Waals surface area contributed by atoms with Crippen molar-refractivity contribution in [3.63, 3.8) is 0 Å². The fourth-order valence-corrected chi connectivity index (χ4v) is 1.12. The molecule has 0 aliphatic carbocycles. The van der Waals surface area contributed by atoms with Crippen LogP contribution in [0, 0.1) is 0 Å². The minimum Gasteiger partial charge on any atom is -0.468 e. The largest absolute Gasteiger partial charge is 0.468 e. The lowest BCUT2D eigenvalue weighted by Gasteiger charge is -2.01. The van der Waals surface area contributed by atoms with Crippen LogP contribution in [0.25, 0.3) is 0 Å². The standard InChI is InChI=1S/C10H12ClNO4/c1-6(11)7-3-4-8(16-7)10(14)12-5-9(13)15-2/h3-4,6H,5H2,1-2H3,(H,12,14). The summed E-state index contributed by atoms with van der Waals surface area (Å²) < 4.78 is 9.55. The van der Waals surface area contributed by atoms with Crippen LogP contribution in [0.5, 0.6) is 0 Å². The van der Waals surface area contributed by atoms with Gasteiger partial charge < -0.3 is 14.5 Å². The maximum absolute atomic E-state index is 11.4. The first-order valence-corrected chi connectivity index (χ1v) is 5.07. The molecule has 0 aliphatic heterocycles. The van der Waals surface area contributed by atoms with Crippen LogP contribution in [0.2, 0.25) is 0 Å².